The lowest BCUT2D eigenvalue weighted by atomic mass is 10.0. The van der Waals surface area contributed by atoms with Gasteiger partial charge < -0.3 is 4.42 Å². The molecule has 0 N–H and O–H groups in total. The Morgan fingerprint density at radius 2 is 1.96 bits per heavy atom. The number of nitrogens with zero attached hydrogens (tertiary/aromatic N) is 4. The van der Waals surface area contributed by atoms with Crippen molar-refractivity contribution in [1.82, 2.24) is 20.0 Å². The number of aryl methyl sites for hydroxylation is 1. The average molecular weight is 340 g/mol. The Labute approximate surface area is 145 Å². The molecule has 3 aromatic rings. The Morgan fingerprint density at radius 1 is 1.17 bits per heavy atom. The van der Waals surface area contributed by atoms with Gasteiger partial charge >= 0.3 is 0 Å². The maximum Gasteiger partial charge on any atom is 0.247 e. The molecule has 6 heteroatoms. The van der Waals surface area contributed by atoms with E-state index in [2.05, 4.69) is 27.4 Å². The van der Waals surface area contributed by atoms with Crippen molar-refractivity contribution in [2.45, 2.75) is 32.2 Å². The van der Waals surface area contributed by atoms with Crippen LogP contribution in [0.2, 0.25) is 0 Å². The van der Waals surface area contributed by atoms with Gasteiger partial charge in [-0.25, -0.2) is 0 Å². The zero-order chi connectivity index (χ0) is 16.4. The minimum Gasteiger partial charge on any atom is -0.420 e. The molecular weight excluding hydrogens is 320 g/mol. The summed E-state index contributed by atoms with van der Waals surface area (Å²) in [7, 11) is 0. The predicted octanol–water partition coefficient (Wildman–Crippen LogP) is 3.90. The Hall–Kier alpha value is -2.08. The molecule has 1 aromatic carbocycles. The fourth-order valence-corrected chi connectivity index (χ4v) is 4.06. The van der Waals surface area contributed by atoms with E-state index in [0.717, 1.165) is 30.8 Å². The summed E-state index contributed by atoms with van der Waals surface area (Å²) in [6.07, 6.45) is 6.18. The summed E-state index contributed by atoms with van der Waals surface area (Å²) in [5, 5.41) is 12.8. The Kier molecular flexibility index (Phi) is 4.38. The first-order chi connectivity index (χ1) is 11.8. The van der Waals surface area contributed by atoms with E-state index in [-0.39, 0.29) is 0 Å². The largest absolute Gasteiger partial charge is 0.420 e. The second kappa shape index (κ2) is 6.81. The molecule has 5 nitrogen and oxygen atoms in total. The Bertz CT molecular complexity index is 803. The molecule has 0 bridgehead atoms. The number of rotatable bonds is 4. The lowest BCUT2D eigenvalue weighted by Gasteiger charge is -2.17. The molecule has 24 heavy (non-hydrogen) atoms. The molecule has 0 atom stereocenters. The molecule has 2 aromatic heterocycles. The second-order valence-electron chi connectivity index (χ2n) is 6.24. The summed E-state index contributed by atoms with van der Waals surface area (Å²) >= 11 is 2.00. The van der Waals surface area contributed by atoms with Gasteiger partial charge in [0.25, 0.3) is 0 Å². The van der Waals surface area contributed by atoms with Crippen molar-refractivity contribution in [2.24, 2.45) is 0 Å². The average Bonchev–Trinajstić information content (AvgIpc) is 3.26. The second-order valence-corrected chi connectivity index (χ2v) is 7.47. The van der Waals surface area contributed by atoms with Crippen molar-refractivity contribution >= 4 is 11.8 Å². The molecule has 0 saturated carbocycles. The molecule has 0 radical (unpaired) electrons. The number of benzene rings is 1. The van der Waals surface area contributed by atoms with E-state index in [4.69, 9.17) is 4.42 Å². The number of aromatic nitrogens is 4. The maximum atomic E-state index is 5.92. The Balaban J connectivity index is 1.47. The molecule has 1 fully saturated rings. The normalized spacial score (nSPS) is 15.7. The van der Waals surface area contributed by atoms with Crippen LogP contribution in [0.1, 0.15) is 35.8 Å². The van der Waals surface area contributed by atoms with Gasteiger partial charge in [-0.1, -0.05) is 12.1 Å². The van der Waals surface area contributed by atoms with Crippen LogP contribution < -0.4 is 0 Å². The highest BCUT2D eigenvalue weighted by molar-refractivity contribution is 7.99. The van der Waals surface area contributed by atoms with E-state index in [1.807, 2.05) is 47.9 Å². The fourth-order valence-electron chi connectivity index (χ4n) is 2.95. The van der Waals surface area contributed by atoms with Gasteiger partial charge in [0, 0.05) is 17.7 Å². The maximum absolute atomic E-state index is 5.92. The highest BCUT2D eigenvalue weighted by atomic mass is 32.2. The molecule has 1 aliphatic rings. The van der Waals surface area contributed by atoms with Crippen LogP contribution in [-0.2, 0) is 6.54 Å². The molecular formula is C18H20N4OS. The van der Waals surface area contributed by atoms with Crippen molar-refractivity contribution in [3.8, 4) is 11.5 Å². The number of hydrogen-bond acceptors (Lipinski definition) is 5. The summed E-state index contributed by atoms with van der Waals surface area (Å²) in [6, 6.07) is 8.26. The van der Waals surface area contributed by atoms with Crippen LogP contribution in [0, 0.1) is 6.92 Å². The van der Waals surface area contributed by atoms with Crippen molar-refractivity contribution in [1.29, 1.82) is 0 Å². The van der Waals surface area contributed by atoms with Crippen LogP contribution in [-0.4, -0.2) is 31.5 Å². The van der Waals surface area contributed by atoms with Crippen molar-refractivity contribution < 1.29 is 4.42 Å². The van der Waals surface area contributed by atoms with Gasteiger partial charge in [-0.15, -0.1) is 10.2 Å². The van der Waals surface area contributed by atoms with E-state index >= 15 is 0 Å². The van der Waals surface area contributed by atoms with Crippen LogP contribution in [0.5, 0.6) is 0 Å². The van der Waals surface area contributed by atoms with Crippen molar-refractivity contribution in [2.75, 3.05) is 11.5 Å². The van der Waals surface area contributed by atoms with E-state index in [0.29, 0.717) is 11.8 Å². The molecule has 1 saturated heterocycles. The van der Waals surface area contributed by atoms with E-state index in [1.54, 1.807) is 0 Å². The van der Waals surface area contributed by atoms with E-state index < -0.39 is 0 Å². The zero-order valence-corrected chi connectivity index (χ0v) is 14.5. The van der Waals surface area contributed by atoms with E-state index in [1.165, 1.54) is 22.6 Å². The van der Waals surface area contributed by atoms with Gasteiger partial charge in [0.15, 0.2) is 0 Å². The minimum absolute atomic E-state index is 0.426. The van der Waals surface area contributed by atoms with Gasteiger partial charge in [-0.3, -0.25) is 4.68 Å². The summed E-state index contributed by atoms with van der Waals surface area (Å²) < 4.78 is 7.86. The highest BCUT2D eigenvalue weighted by Gasteiger charge is 2.21. The topological polar surface area (TPSA) is 56.7 Å². The summed E-state index contributed by atoms with van der Waals surface area (Å²) in [4.78, 5) is 0. The molecule has 124 valence electrons. The van der Waals surface area contributed by atoms with Crippen LogP contribution in [0.15, 0.2) is 41.1 Å². The van der Waals surface area contributed by atoms with Crippen LogP contribution in [0.3, 0.4) is 0 Å². The molecule has 0 spiro atoms. The van der Waals surface area contributed by atoms with Crippen LogP contribution in [0.25, 0.3) is 11.5 Å². The lowest BCUT2D eigenvalue weighted by Crippen LogP contribution is -2.07. The number of thioether (sulfide) groups is 1. The minimum atomic E-state index is 0.426. The molecule has 0 amide bonds. The summed E-state index contributed by atoms with van der Waals surface area (Å²) in [5.74, 6) is 4.20. The van der Waals surface area contributed by atoms with Gasteiger partial charge in [-0.2, -0.15) is 16.9 Å². The summed E-state index contributed by atoms with van der Waals surface area (Å²) in [5.41, 5.74) is 3.34. The third-order valence-electron chi connectivity index (χ3n) is 4.32. The molecule has 0 aliphatic carbocycles. The molecule has 3 heterocycles. The standard InChI is InChI=1S/C18H20N4OS/c1-13-10-19-22(11-13)12-14-2-4-15(5-3-14)17-20-21-18(23-17)16-6-8-24-9-7-16/h2-5,10-11,16H,6-9,12H2,1H3. The first-order valence-corrected chi connectivity index (χ1v) is 9.43. The zero-order valence-electron chi connectivity index (χ0n) is 13.7. The van der Waals surface area contributed by atoms with Crippen LogP contribution in [0.4, 0.5) is 0 Å². The quantitative estimate of drug-likeness (QED) is 0.721. The smallest absolute Gasteiger partial charge is 0.247 e. The first kappa shape index (κ1) is 15.4. The monoisotopic (exact) mass is 340 g/mol. The third kappa shape index (κ3) is 3.38. The van der Waals surface area contributed by atoms with Gasteiger partial charge in [0.1, 0.15) is 0 Å². The van der Waals surface area contributed by atoms with E-state index in [9.17, 15) is 0 Å². The molecule has 1 aliphatic heterocycles. The number of hydrogen-bond donors (Lipinski definition) is 0. The molecule has 0 unspecified atom stereocenters. The van der Waals surface area contributed by atoms with Gasteiger partial charge in [-0.05, 0) is 54.5 Å². The van der Waals surface area contributed by atoms with Gasteiger partial charge in [0.05, 0.1) is 12.7 Å². The SMILES string of the molecule is Cc1cnn(Cc2ccc(-c3nnc(C4CCSCC4)o3)cc2)c1. The predicted molar refractivity (Wildman–Crippen MR) is 95.1 cm³/mol. The summed E-state index contributed by atoms with van der Waals surface area (Å²) in [6.45, 7) is 2.81. The lowest BCUT2D eigenvalue weighted by molar-refractivity contribution is 0.438. The highest BCUT2D eigenvalue weighted by Crippen LogP contribution is 2.32. The molecule has 4 rings (SSSR count). The first-order valence-electron chi connectivity index (χ1n) is 8.27. The van der Waals surface area contributed by atoms with Crippen molar-refractivity contribution in [3.63, 3.8) is 0 Å². The third-order valence-corrected chi connectivity index (χ3v) is 5.37. The van der Waals surface area contributed by atoms with Crippen molar-refractivity contribution in [3.05, 3.63) is 53.7 Å². The van der Waals surface area contributed by atoms with Crippen LogP contribution >= 0.6 is 11.8 Å². The Morgan fingerprint density at radius 3 is 2.67 bits per heavy atom. The fraction of sp³-hybridized carbons (Fsp3) is 0.389. The van der Waals surface area contributed by atoms with Gasteiger partial charge in [0.2, 0.25) is 11.8 Å².